The number of benzene rings is 1. The summed E-state index contributed by atoms with van der Waals surface area (Å²) in [6.45, 7) is 1.98. The minimum absolute atomic E-state index is 0.201. The third-order valence-electron chi connectivity index (χ3n) is 2.01. The van der Waals surface area contributed by atoms with Crippen molar-refractivity contribution in [3.05, 3.63) is 35.4 Å². The van der Waals surface area contributed by atoms with Gasteiger partial charge in [-0.1, -0.05) is 18.2 Å². The predicted molar refractivity (Wildman–Crippen MR) is 53.1 cm³/mol. The van der Waals surface area contributed by atoms with Gasteiger partial charge in [0.05, 0.1) is 11.6 Å². The van der Waals surface area contributed by atoms with E-state index in [4.69, 9.17) is 11.0 Å². The van der Waals surface area contributed by atoms with Crippen molar-refractivity contribution in [2.45, 2.75) is 25.8 Å². The van der Waals surface area contributed by atoms with Gasteiger partial charge in [-0.2, -0.15) is 5.26 Å². The van der Waals surface area contributed by atoms with Crippen molar-refractivity contribution >= 4 is 0 Å². The monoisotopic (exact) mass is 174 g/mol. The molecule has 0 saturated heterocycles. The second kappa shape index (κ2) is 4.64. The van der Waals surface area contributed by atoms with Gasteiger partial charge in [0.15, 0.2) is 0 Å². The van der Waals surface area contributed by atoms with Gasteiger partial charge in [0.1, 0.15) is 0 Å². The Balaban J connectivity index is 2.71. The van der Waals surface area contributed by atoms with Crippen LogP contribution in [0.1, 0.15) is 24.5 Å². The van der Waals surface area contributed by atoms with Gasteiger partial charge in [-0.25, -0.2) is 0 Å². The van der Waals surface area contributed by atoms with Crippen molar-refractivity contribution in [1.29, 1.82) is 5.26 Å². The number of nitriles is 1. The van der Waals surface area contributed by atoms with Crippen molar-refractivity contribution in [2.75, 3.05) is 0 Å². The topological polar surface area (TPSA) is 49.8 Å². The molecule has 13 heavy (non-hydrogen) atoms. The Morgan fingerprint density at radius 3 is 2.77 bits per heavy atom. The van der Waals surface area contributed by atoms with Crippen LogP contribution in [0.2, 0.25) is 0 Å². The molecule has 1 aromatic carbocycles. The molecule has 1 unspecified atom stereocenters. The molecule has 0 fully saturated rings. The fourth-order valence-corrected chi connectivity index (χ4v) is 1.23. The van der Waals surface area contributed by atoms with Gasteiger partial charge in [-0.15, -0.1) is 0 Å². The zero-order chi connectivity index (χ0) is 9.68. The Labute approximate surface area is 79.0 Å². The Morgan fingerprint density at radius 2 is 2.15 bits per heavy atom. The Hall–Kier alpha value is -1.33. The van der Waals surface area contributed by atoms with Crippen LogP contribution >= 0.6 is 0 Å². The summed E-state index contributed by atoms with van der Waals surface area (Å²) in [5.41, 5.74) is 7.52. The number of nitrogens with zero attached hydrogens (tertiary/aromatic N) is 1. The van der Waals surface area contributed by atoms with E-state index in [2.05, 4.69) is 6.07 Å². The Bertz CT molecular complexity index is 310. The van der Waals surface area contributed by atoms with Crippen molar-refractivity contribution in [3.8, 4) is 6.07 Å². The molecule has 0 aliphatic carbocycles. The highest BCUT2D eigenvalue weighted by atomic mass is 14.6. The number of hydrogen-bond acceptors (Lipinski definition) is 2. The molecule has 0 aliphatic rings. The Morgan fingerprint density at radius 1 is 1.46 bits per heavy atom. The summed E-state index contributed by atoms with van der Waals surface area (Å²) < 4.78 is 0. The van der Waals surface area contributed by atoms with E-state index in [0.29, 0.717) is 0 Å². The molecule has 0 heterocycles. The SMILES string of the molecule is CC(N)CCc1ccccc1C#N. The lowest BCUT2D eigenvalue weighted by Crippen LogP contribution is -2.15. The van der Waals surface area contributed by atoms with Crippen LogP contribution in [0.3, 0.4) is 0 Å². The number of hydrogen-bond donors (Lipinski definition) is 1. The van der Waals surface area contributed by atoms with Gasteiger partial charge in [-0.05, 0) is 31.4 Å². The molecular formula is C11H14N2. The normalized spacial score (nSPS) is 12.1. The van der Waals surface area contributed by atoms with Crippen LogP contribution in [-0.2, 0) is 6.42 Å². The molecule has 0 saturated carbocycles. The molecule has 0 spiro atoms. The van der Waals surface area contributed by atoms with E-state index in [1.807, 2.05) is 31.2 Å². The van der Waals surface area contributed by atoms with E-state index in [9.17, 15) is 0 Å². The zero-order valence-corrected chi connectivity index (χ0v) is 7.83. The van der Waals surface area contributed by atoms with Crippen LogP contribution in [0.15, 0.2) is 24.3 Å². The van der Waals surface area contributed by atoms with Gasteiger partial charge in [0.25, 0.3) is 0 Å². The fourth-order valence-electron chi connectivity index (χ4n) is 1.23. The molecule has 0 bridgehead atoms. The quantitative estimate of drug-likeness (QED) is 0.760. The Kier molecular flexibility index (Phi) is 3.48. The summed E-state index contributed by atoms with van der Waals surface area (Å²) in [6, 6.07) is 10.0. The maximum atomic E-state index is 8.80. The average Bonchev–Trinajstić information content (AvgIpc) is 2.15. The van der Waals surface area contributed by atoms with E-state index < -0.39 is 0 Å². The lowest BCUT2D eigenvalue weighted by atomic mass is 10.0. The minimum Gasteiger partial charge on any atom is -0.328 e. The zero-order valence-electron chi connectivity index (χ0n) is 7.83. The average molecular weight is 174 g/mol. The summed E-state index contributed by atoms with van der Waals surface area (Å²) in [6.07, 6.45) is 1.82. The molecule has 2 N–H and O–H groups in total. The van der Waals surface area contributed by atoms with Crippen LogP contribution in [-0.4, -0.2) is 6.04 Å². The van der Waals surface area contributed by atoms with E-state index in [1.165, 1.54) is 0 Å². The summed E-state index contributed by atoms with van der Waals surface area (Å²) in [7, 11) is 0. The molecule has 1 rings (SSSR count). The lowest BCUT2D eigenvalue weighted by Gasteiger charge is -2.05. The van der Waals surface area contributed by atoms with Crippen LogP contribution in [0.4, 0.5) is 0 Å². The van der Waals surface area contributed by atoms with Gasteiger partial charge in [0.2, 0.25) is 0 Å². The van der Waals surface area contributed by atoms with E-state index >= 15 is 0 Å². The molecule has 0 aliphatic heterocycles. The van der Waals surface area contributed by atoms with Crippen LogP contribution in [0, 0.1) is 11.3 Å². The number of aryl methyl sites for hydroxylation is 1. The van der Waals surface area contributed by atoms with E-state index in [1.54, 1.807) is 0 Å². The van der Waals surface area contributed by atoms with Crippen molar-refractivity contribution in [1.82, 2.24) is 0 Å². The maximum Gasteiger partial charge on any atom is 0.0994 e. The number of nitrogens with two attached hydrogens (primary N) is 1. The summed E-state index contributed by atoms with van der Waals surface area (Å²) in [5.74, 6) is 0. The first-order valence-electron chi connectivity index (χ1n) is 4.47. The molecular weight excluding hydrogens is 160 g/mol. The largest absolute Gasteiger partial charge is 0.328 e. The first-order chi connectivity index (χ1) is 6.24. The highest BCUT2D eigenvalue weighted by Crippen LogP contribution is 2.10. The summed E-state index contributed by atoms with van der Waals surface area (Å²) >= 11 is 0. The summed E-state index contributed by atoms with van der Waals surface area (Å²) in [5, 5.41) is 8.80. The predicted octanol–water partition coefficient (Wildman–Crippen LogP) is 1.84. The first-order valence-corrected chi connectivity index (χ1v) is 4.47. The van der Waals surface area contributed by atoms with Crippen LogP contribution < -0.4 is 5.73 Å². The molecule has 1 atom stereocenters. The standard InChI is InChI=1S/C11H14N2/c1-9(13)6-7-10-4-2-3-5-11(10)8-12/h2-5,9H,6-7,13H2,1H3. The molecule has 2 nitrogen and oxygen atoms in total. The fraction of sp³-hybridized carbons (Fsp3) is 0.364. The maximum absolute atomic E-state index is 8.80. The van der Waals surface area contributed by atoms with Gasteiger partial charge in [-0.3, -0.25) is 0 Å². The van der Waals surface area contributed by atoms with Crippen LogP contribution in [0.25, 0.3) is 0 Å². The van der Waals surface area contributed by atoms with Gasteiger partial charge in [0, 0.05) is 6.04 Å². The second-order valence-electron chi connectivity index (χ2n) is 3.28. The molecule has 0 amide bonds. The highest BCUT2D eigenvalue weighted by molar-refractivity contribution is 5.37. The van der Waals surface area contributed by atoms with Gasteiger partial charge >= 0.3 is 0 Å². The van der Waals surface area contributed by atoms with Crippen molar-refractivity contribution in [2.24, 2.45) is 5.73 Å². The molecule has 0 radical (unpaired) electrons. The lowest BCUT2D eigenvalue weighted by molar-refractivity contribution is 0.665. The first kappa shape index (κ1) is 9.76. The van der Waals surface area contributed by atoms with Crippen LogP contribution in [0.5, 0.6) is 0 Å². The summed E-state index contributed by atoms with van der Waals surface area (Å²) in [4.78, 5) is 0. The minimum atomic E-state index is 0.201. The van der Waals surface area contributed by atoms with Gasteiger partial charge < -0.3 is 5.73 Å². The molecule has 0 aromatic heterocycles. The van der Waals surface area contributed by atoms with Crippen molar-refractivity contribution < 1.29 is 0 Å². The molecule has 2 heteroatoms. The molecule has 68 valence electrons. The number of rotatable bonds is 3. The van der Waals surface area contributed by atoms with Crippen molar-refractivity contribution in [3.63, 3.8) is 0 Å². The van der Waals surface area contributed by atoms with E-state index in [-0.39, 0.29) is 6.04 Å². The second-order valence-corrected chi connectivity index (χ2v) is 3.28. The smallest absolute Gasteiger partial charge is 0.0994 e. The third-order valence-corrected chi connectivity index (χ3v) is 2.01. The van der Waals surface area contributed by atoms with E-state index in [0.717, 1.165) is 24.0 Å². The highest BCUT2D eigenvalue weighted by Gasteiger charge is 2.01. The molecule has 1 aromatic rings. The third kappa shape index (κ3) is 2.89.